The van der Waals surface area contributed by atoms with Crippen molar-refractivity contribution < 1.29 is 0 Å². The van der Waals surface area contributed by atoms with Crippen LogP contribution in [0.15, 0.2) is 25.3 Å². The fraction of sp³-hybridized carbons (Fsp3) is 0.500. The lowest BCUT2D eigenvalue weighted by Gasteiger charge is -1.93. The second kappa shape index (κ2) is 7.91. The van der Waals surface area contributed by atoms with Gasteiger partial charge in [-0.15, -0.1) is 21.7 Å². The molecule has 0 aromatic carbocycles. The van der Waals surface area contributed by atoms with E-state index in [-0.39, 0.29) is 0 Å². The van der Waals surface area contributed by atoms with Gasteiger partial charge < -0.3 is 0 Å². The Morgan fingerprint density at radius 2 is 1.44 bits per heavy atom. The summed E-state index contributed by atoms with van der Waals surface area (Å²) in [6.07, 6.45) is 8.96. The number of rotatable bonds is 6. The number of hydrogen-bond donors (Lipinski definition) is 0. The Morgan fingerprint density at radius 3 is 1.78 bits per heavy atom. The molecule has 0 aromatic rings. The third kappa shape index (κ3) is 7.91. The van der Waals surface area contributed by atoms with Gasteiger partial charge >= 0.3 is 0 Å². The third-order valence-corrected chi connectivity index (χ3v) is 2.33. The molecule has 0 spiro atoms. The average molecular weight is 142 g/mol. The highest BCUT2D eigenvalue weighted by Gasteiger charge is 1.82. The summed E-state index contributed by atoms with van der Waals surface area (Å²) in [4.78, 5) is 0. The van der Waals surface area contributed by atoms with E-state index in [2.05, 4.69) is 13.2 Å². The molecule has 1 heteroatoms. The van der Waals surface area contributed by atoms with Crippen LogP contribution in [0.4, 0.5) is 0 Å². The lowest BCUT2D eigenvalue weighted by Crippen LogP contribution is -1.75. The topological polar surface area (TPSA) is 0 Å². The van der Waals surface area contributed by atoms with Crippen molar-refractivity contribution in [2.75, 3.05) is 12.3 Å². The zero-order valence-electron chi connectivity index (χ0n) is 5.90. The summed E-state index contributed by atoms with van der Waals surface area (Å²) in [6, 6.07) is 0. The Balaban J connectivity index is 2.74. The summed E-state index contributed by atoms with van der Waals surface area (Å²) in [6.45, 7) is 7.33. The van der Waals surface area contributed by atoms with Crippen molar-refractivity contribution in [2.24, 2.45) is 0 Å². The Labute approximate surface area is 59.8 Å². The van der Waals surface area contributed by atoms with Crippen LogP contribution in [0.3, 0.4) is 0 Å². The first-order valence-electron chi connectivity index (χ1n) is 3.34. The molecule has 0 heterocycles. The van der Waals surface area contributed by atoms with Crippen LogP contribution in [-0.2, 0) is 0 Å². The largest absolute Gasteiger partial charge is 0.121 e. The van der Waals surface area contributed by atoms with E-state index in [0.717, 1.165) is 8.58 Å². The number of allylic oxidation sites excluding steroid dienone is 2. The van der Waals surface area contributed by atoms with E-state index in [1.807, 2.05) is 12.2 Å². The van der Waals surface area contributed by atoms with Crippen molar-refractivity contribution in [3.8, 4) is 0 Å². The van der Waals surface area contributed by atoms with Gasteiger partial charge in [0.15, 0.2) is 0 Å². The minimum atomic E-state index is 1.10. The second-order valence-corrected chi connectivity index (χ2v) is 3.40. The molecule has 0 unspecified atom stereocenters. The predicted molar refractivity (Wildman–Crippen MR) is 47.7 cm³/mol. The molecule has 0 nitrogen and oxygen atoms in total. The Morgan fingerprint density at radius 1 is 1.00 bits per heavy atom. The quantitative estimate of drug-likeness (QED) is 0.304. The molecule has 0 radical (unpaired) electrons. The van der Waals surface area contributed by atoms with Crippen molar-refractivity contribution in [3.63, 3.8) is 0 Å². The van der Waals surface area contributed by atoms with Crippen LogP contribution in [0.1, 0.15) is 12.8 Å². The molecular formula is C8H15P. The first-order chi connectivity index (χ1) is 4.41. The van der Waals surface area contributed by atoms with Gasteiger partial charge in [0.2, 0.25) is 0 Å². The molecule has 0 amide bonds. The molecule has 0 aliphatic carbocycles. The molecule has 0 aliphatic rings. The highest BCUT2D eigenvalue weighted by Crippen LogP contribution is 2.12. The molecule has 0 fully saturated rings. The summed E-state index contributed by atoms with van der Waals surface area (Å²) in [5.74, 6) is 0. The van der Waals surface area contributed by atoms with Crippen molar-refractivity contribution in [1.82, 2.24) is 0 Å². The van der Waals surface area contributed by atoms with Crippen molar-refractivity contribution in [2.45, 2.75) is 12.8 Å². The van der Waals surface area contributed by atoms with Crippen LogP contribution >= 0.6 is 8.58 Å². The fourth-order valence-electron chi connectivity index (χ4n) is 0.533. The summed E-state index contributed by atoms with van der Waals surface area (Å²) in [7, 11) is 1.10. The smallest absolute Gasteiger partial charge is 0.0316 e. The van der Waals surface area contributed by atoms with Gasteiger partial charge in [0.05, 0.1) is 0 Å². The zero-order valence-corrected chi connectivity index (χ0v) is 6.90. The monoisotopic (exact) mass is 142 g/mol. The lowest BCUT2D eigenvalue weighted by atomic mass is 10.5. The standard InChI is InChI=1S/C8H15P/c1-3-5-7-9-8-6-4-2/h3-4,9H,1-2,5-8H2. The summed E-state index contributed by atoms with van der Waals surface area (Å²) in [5, 5.41) is 0. The Hall–Kier alpha value is -0.0900. The van der Waals surface area contributed by atoms with Crippen LogP contribution in [-0.4, -0.2) is 12.3 Å². The molecule has 0 aromatic heterocycles. The molecule has 52 valence electrons. The average Bonchev–Trinajstić information content (AvgIpc) is 1.89. The van der Waals surface area contributed by atoms with Gasteiger partial charge in [-0.05, 0) is 25.2 Å². The maximum atomic E-state index is 3.66. The SMILES string of the molecule is C=CCCPCCC=C. The van der Waals surface area contributed by atoms with Crippen LogP contribution < -0.4 is 0 Å². The first-order valence-corrected chi connectivity index (χ1v) is 4.75. The molecular weight excluding hydrogens is 127 g/mol. The summed E-state index contributed by atoms with van der Waals surface area (Å²) < 4.78 is 0. The van der Waals surface area contributed by atoms with E-state index in [9.17, 15) is 0 Å². The van der Waals surface area contributed by atoms with Gasteiger partial charge in [-0.2, -0.15) is 0 Å². The molecule has 0 N–H and O–H groups in total. The molecule has 0 rings (SSSR count). The van der Waals surface area contributed by atoms with Crippen LogP contribution in [0.25, 0.3) is 0 Å². The first kappa shape index (κ1) is 8.91. The molecule has 9 heavy (non-hydrogen) atoms. The molecule has 0 atom stereocenters. The highest BCUT2D eigenvalue weighted by atomic mass is 31.1. The minimum Gasteiger partial charge on any atom is -0.121 e. The van der Waals surface area contributed by atoms with Crippen LogP contribution in [0.5, 0.6) is 0 Å². The highest BCUT2D eigenvalue weighted by molar-refractivity contribution is 7.37. The van der Waals surface area contributed by atoms with E-state index in [4.69, 9.17) is 0 Å². The van der Waals surface area contributed by atoms with Gasteiger partial charge in [-0.1, -0.05) is 12.2 Å². The minimum absolute atomic E-state index is 1.10. The second-order valence-electron chi connectivity index (χ2n) is 1.90. The van der Waals surface area contributed by atoms with Gasteiger partial charge in [-0.25, -0.2) is 0 Å². The maximum absolute atomic E-state index is 3.66. The van der Waals surface area contributed by atoms with Gasteiger partial charge in [-0.3, -0.25) is 0 Å². The number of hydrogen-bond acceptors (Lipinski definition) is 0. The molecule has 0 saturated carbocycles. The Bertz CT molecular complexity index is 66.6. The van der Waals surface area contributed by atoms with Gasteiger partial charge in [0.25, 0.3) is 0 Å². The van der Waals surface area contributed by atoms with E-state index in [0.29, 0.717) is 0 Å². The van der Waals surface area contributed by atoms with Crippen molar-refractivity contribution >= 4 is 8.58 Å². The van der Waals surface area contributed by atoms with E-state index in [1.54, 1.807) is 0 Å². The van der Waals surface area contributed by atoms with Gasteiger partial charge in [0, 0.05) is 0 Å². The van der Waals surface area contributed by atoms with E-state index >= 15 is 0 Å². The maximum Gasteiger partial charge on any atom is -0.0316 e. The van der Waals surface area contributed by atoms with Gasteiger partial charge in [0.1, 0.15) is 0 Å². The van der Waals surface area contributed by atoms with Crippen molar-refractivity contribution in [1.29, 1.82) is 0 Å². The molecule has 0 saturated heterocycles. The summed E-state index contributed by atoms with van der Waals surface area (Å²) in [5.41, 5.74) is 0. The Kier molecular flexibility index (Phi) is 7.83. The zero-order chi connectivity index (χ0) is 6.95. The van der Waals surface area contributed by atoms with Crippen molar-refractivity contribution in [3.05, 3.63) is 25.3 Å². The van der Waals surface area contributed by atoms with E-state index < -0.39 is 0 Å². The van der Waals surface area contributed by atoms with E-state index in [1.165, 1.54) is 25.2 Å². The summed E-state index contributed by atoms with van der Waals surface area (Å²) >= 11 is 0. The van der Waals surface area contributed by atoms with Crippen LogP contribution in [0, 0.1) is 0 Å². The molecule has 0 bridgehead atoms. The normalized spacial score (nSPS) is 8.89. The lowest BCUT2D eigenvalue weighted by molar-refractivity contribution is 1.20. The van der Waals surface area contributed by atoms with Crippen LogP contribution in [0.2, 0.25) is 0 Å². The predicted octanol–water partition coefficient (Wildman–Crippen LogP) is 2.82. The third-order valence-electron chi connectivity index (χ3n) is 1.05. The fourth-order valence-corrected chi connectivity index (χ4v) is 1.60. The molecule has 0 aliphatic heterocycles.